The van der Waals surface area contributed by atoms with Crippen molar-refractivity contribution < 1.29 is 9.53 Å². The summed E-state index contributed by atoms with van der Waals surface area (Å²) < 4.78 is 7.58. The van der Waals surface area contributed by atoms with Gasteiger partial charge in [0.1, 0.15) is 0 Å². The van der Waals surface area contributed by atoms with Crippen molar-refractivity contribution in [2.24, 2.45) is 0 Å². The Kier molecular flexibility index (Phi) is 5.88. The molecular weight excluding hydrogens is 410 g/mol. The Labute approximate surface area is 194 Å². The molecule has 0 aliphatic carbocycles. The smallest absolute Gasteiger partial charge is 0.257 e. The van der Waals surface area contributed by atoms with Crippen molar-refractivity contribution in [3.05, 3.63) is 90.1 Å². The van der Waals surface area contributed by atoms with Gasteiger partial charge in [-0.25, -0.2) is 0 Å². The van der Waals surface area contributed by atoms with E-state index in [4.69, 9.17) is 4.74 Å². The number of ether oxygens (including phenoxy) is 1. The second kappa shape index (κ2) is 9.12. The van der Waals surface area contributed by atoms with Crippen LogP contribution in [0.25, 0.3) is 16.6 Å². The largest absolute Gasteiger partial charge is 0.378 e. The number of carbonyl (C=O) groups is 1. The van der Waals surface area contributed by atoms with Crippen molar-refractivity contribution in [1.29, 1.82) is 0 Å². The Hall–Kier alpha value is -3.57. The highest BCUT2D eigenvalue weighted by atomic mass is 16.5. The molecule has 33 heavy (non-hydrogen) atoms. The quantitative estimate of drug-likeness (QED) is 0.425. The van der Waals surface area contributed by atoms with Gasteiger partial charge in [-0.1, -0.05) is 50.2 Å². The van der Waals surface area contributed by atoms with E-state index in [1.807, 2.05) is 42.6 Å². The van der Waals surface area contributed by atoms with Crippen molar-refractivity contribution in [1.82, 2.24) is 4.57 Å². The van der Waals surface area contributed by atoms with Crippen LogP contribution in [-0.2, 0) is 4.74 Å². The summed E-state index contributed by atoms with van der Waals surface area (Å²) in [5.74, 6) is 0.274. The second-order valence-corrected chi connectivity index (χ2v) is 8.74. The van der Waals surface area contributed by atoms with Gasteiger partial charge in [-0.3, -0.25) is 4.79 Å². The van der Waals surface area contributed by atoms with Crippen LogP contribution in [0.5, 0.6) is 0 Å². The van der Waals surface area contributed by atoms with Crippen molar-refractivity contribution in [3.8, 4) is 5.69 Å². The van der Waals surface area contributed by atoms with Gasteiger partial charge in [-0.05, 0) is 47.9 Å². The SMILES string of the molecule is CC(C)c1ccccc1-n1cc(C(=O)Nc2ccc(N3CCOCC3)cc2)c2ccccc21. The molecule has 2 heterocycles. The van der Waals surface area contributed by atoms with Crippen LogP contribution in [0.15, 0.2) is 79.0 Å². The maximum absolute atomic E-state index is 13.3. The maximum atomic E-state index is 13.3. The van der Waals surface area contributed by atoms with E-state index in [9.17, 15) is 4.79 Å². The third-order valence-electron chi connectivity index (χ3n) is 6.28. The lowest BCUT2D eigenvalue weighted by molar-refractivity contribution is 0.102. The monoisotopic (exact) mass is 439 g/mol. The predicted molar refractivity (Wildman–Crippen MR) is 135 cm³/mol. The van der Waals surface area contributed by atoms with Crippen LogP contribution in [0.4, 0.5) is 11.4 Å². The van der Waals surface area contributed by atoms with Crippen molar-refractivity contribution >= 4 is 28.2 Å². The van der Waals surface area contributed by atoms with Gasteiger partial charge < -0.3 is 19.5 Å². The molecular formula is C28H29N3O2. The molecule has 1 aromatic heterocycles. The molecule has 1 saturated heterocycles. The van der Waals surface area contributed by atoms with E-state index in [1.165, 1.54) is 5.56 Å². The molecule has 1 fully saturated rings. The molecule has 5 heteroatoms. The molecule has 0 radical (unpaired) electrons. The van der Waals surface area contributed by atoms with Gasteiger partial charge in [0.05, 0.1) is 24.3 Å². The van der Waals surface area contributed by atoms with Crippen LogP contribution in [0, 0.1) is 0 Å². The Morgan fingerprint density at radius 2 is 1.61 bits per heavy atom. The number of hydrogen-bond donors (Lipinski definition) is 1. The van der Waals surface area contributed by atoms with Gasteiger partial charge in [0.15, 0.2) is 0 Å². The van der Waals surface area contributed by atoms with Crippen LogP contribution >= 0.6 is 0 Å². The average molecular weight is 440 g/mol. The fraction of sp³-hybridized carbons (Fsp3) is 0.250. The number of hydrogen-bond acceptors (Lipinski definition) is 3. The van der Waals surface area contributed by atoms with E-state index >= 15 is 0 Å². The lowest BCUT2D eigenvalue weighted by Crippen LogP contribution is -2.36. The topological polar surface area (TPSA) is 46.5 Å². The molecule has 0 spiro atoms. The third kappa shape index (κ3) is 4.24. The first-order chi connectivity index (χ1) is 16.1. The van der Waals surface area contributed by atoms with Crippen LogP contribution < -0.4 is 10.2 Å². The van der Waals surface area contributed by atoms with E-state index in [-0.39, 0.29) is 5.91 Å². The van der Waals surface area contributed by atoms with E-state index in [0.717, 1.165) is 54.3 Å². The van der Waals surface area contributed by atoms with Crippen molar-refractivity contribution in [3.63, 3.8) is 0 Å². The zero-order chi connectivity index (χ0) is 22.8. The number of amides is 1. The van der Waals surface area contributed by atoms with E-state index in [0.29, 0.717) is 11.5 Å². The van der Waals surface area contributed by atoms with Gasteiger partial charge in [0, 0.05) is 41.7 Å². The fourth-order valence-electron chi connectivity index (χ4n) is 4.53. The third-order valence-corrected chi connectivity index (χ3v) is 6.28. The summed E-state index contributed by atoms with van der Waals surface area (Å²) in [7, 11) is 0. The average Bonchev–Trinajstić information content (AvgIpc) is 3.25. The van der Waals surface area contributed by atoms with E-state index < -0.39 is 0 Å². The van der Waals surface area contributed by atoms with Gasteiger partial charge in [-0.15, -0.1) is 0 Å². The summed E-state index contributed by atoms with van der Waals surface area (Å²) in [4.78, 5) is 15.6. The fourth-order valence-corrected chi connectivity index (χ4v) is 4.53. The summed E-state index contributed by atoms with van der Waals surface area (Å²) in [6.45, 7) is 7.68. The molecule has 1 N–H and O–H groups in total. The lowest BCUT2D eigenvalue weighted by atomic mass is 10.0. The first-order valence-corrected chi connectivity index (χ1v) is 11.6. The number of nitrogens with one attached hydrogen (secondary N) is 1. The first kappa shape index (κ1) is 21.3. The molecule has 5 rings (SSSR count). The van der Waals surface area contributed by atoms with Gasteiger partial charge in [-0.2, -0.15) is 0 Å². The zero-order valence-electron chi connectivity index (χ0n) is 19.1. The summed E-state index contributed by atoms with van der Waals surface area (Å²) in [6, 6.07) is 24.5. The molecule has 168 valence electrons. The molecule has 1 amide bonds. The standard InChI is InChI=1S/C28H29N3O2/c1-20(2)23-7-3-5-9-26(23)31-19-25(24-8-4-6-10-27(24)31)28(32)29-21-11-13-22(14-12-21)30-15-17-33-18-16-30/h3-14,19-20H,15-18H2,1-2H3,(H,29,32). The summed E-state index contributed by atoms with van der Waals surface area (Å²) in [5, 5.41) is 4.03. The number of fused-ring (bicyclic) bond motifs is 1. The van der Waals surface area contributed by atoms with Crippen molar-refractivity contribution in [2.45, 2.75) is 19.8 Å². The molecule has 0 atom stereocenters. The van der Waals surface area contributed by atoms with Gasteiger partial charge >= 0.3 is 0 Å². The number of carbonyl (C=O) groups excluding carboxylic acids is 1. The van der Waals surface area contributed by atoms with Crippen LogP contribution in [0.1, 0.15) is 35.7 Å². The van der Waals surface area contributed by atoms with Crippen molar-refractivity contribution in [2.75, 3.05) is 36.5 Å². The Morgan fingerprint density at radius 1 is 0.909 bits per heavy atom. The Morgan fingerprint density at radius 3 is 2.36 bits per heavy atom. The van der Waals surface area contributed by atoms with Crippen LogP contribution in [-0.4, -0.2) is 36.8 Å². The molecule has 1 aliphatic rings. The minimum atomic E-state index is -0.105. The Bertz CT molecular complexity index is 1270. The zero-order valence-corrected chi connectivity index (χ0v) is 19.1. The molecule has 0 saturated carbocycles. The molecule has 3 aromatic carbocycles. The number of rotatable bonds is 5. The highest BCUT2D eigenvalue weighted by molar-refractivity contribution is 6.13. The maximum Gasteiger partial charge on any atom is 0.257 e. The Balaban J connectivity index is 1.45. The molecule has 0 unspecified atom stereocenters. The number of morpholine rings is 1. The first-order valence-electron chi connectivity index (χ1n) is 11.6. The number of anilines is 2. The summed E-state index contributed by atoms with van der Waals surface area (Å²) in [5.41, 5.74) is 6.00. The lowest BCUT2D eigenvalue weighted by Gasteiger charge is -2.28. The normalized spacial score (nSPS) is 14.1. The molecule has 5 nitrogen and oxygen atoms in total. The second-order valence-electron chi connectivity index (χ2n) is 8.74. The molecule has 4 aromatic rings. The van der Waals surface area contributed by atoms with Gasteiger partial charge in [0.2, 0.25) is 0 Å². The van der Waals surface area contributed by atoms with E-state index in [2.05, 4.69) is 65.0 Å². The summed E-state index contributed by atoms with van der Waals surface area (Å²) in [6.07, 6.45) is 1.96. The minimum absolute atomic E-state index is 0.105. The summed E-state index contributed by atoms with van der Waals surface area (Å²) >= 11 is 0. The van der Waals surface area contributed by atoms with Crippen LogP contribution in [0.3, 0.4) is 0 Å². The van der Waals surface area contributed by atoms with E-state index in [1.54, 1.807) is 0 Å². The minimum Gasteiger partial charge on any atom is -0.378 e. The highest BCUT2D eigenvalue weighted by Crippen LogP contribution is 2.30. The van der Waals surface area contributed by atoms with Crippen LogP contribution in [0.2, 0.25) is 0 Å². The number of aromatic nitrogens is 1. The van der Waals surface area contributed by atoms with Gasteiger partial charge in [0.25, 0.3) is 5.91 Å². The highest BCUT2D eigenvalue weighted by Gasteiger charge is 2.18. The number of para-hydroxylation sites is 2. The molecule has 1 aliphatic heterocycles. The predicted octanol–water partition coefficient (Wildman–Crippen LogP) is 5.84. The molecule has 0 bridgehead atoms. The number of benzene rings is 3. The number of nitrogens with zero attached hydrogens (tertiary/aromatic N) is 2.